The maximum Gasteiger partial charge on any atom is 0.235 e. The predicted molar refractivity (Wildman–Crippen MR) is 40.7 cm³/mol. The number of ether oxygens (including phenoxy) is 1. The first-order valence-corrected chi connectivity index (χ1v) is 3.58. The summed E-state index contributed by atoms with van der Waals surface area (Å²) >= 11 is 0. The molecule has 1 N–H and O–H groups in total. The third-order valence-corrected chi connectivity index (χ3v) is 1.63. The minimum Gasteiger partial charge on any atom is -0.377 e. The molecule has 0 saturated carbocycles. The van der Waals surface area contributed by atoms with Crippen LogP contribution >= 0.6 is 0 Å². The highest BCUT2D eigenvalue weighted by Gasteiger charge is 2.21. The number of carbonyl (C=O) groups is 1. The summed E-state index contributed by atoms with van der Waals surface area (Å²) in [5.74, 6) is 1.95. The lowest BCUT2D eigenvalue weighted by Crippen LogP contribution is -2.49. The zero-order valence-electron chi connectivity index (χ0n) is 6.46. The topological polar surface area (TPSA) is 38.3 Å². The molecular weight excluding hydrogens is 142 g/mol. The highest BCUT2D eigenvalue weighted by molar-refractivity contribution is 5.81. The highest BCUT2D eigenvalue weighted by atomic mass is 16.5. The summed E-state index contributed by atoms with van der Waals surface area (Å²) in [5, 5.41) is 2.76. The minimum absolute atomic E-state index is 0.0826. The Morgan fingerprint density at radius 1 is 1.82 bits per heavy atom. The lowest BCUT2D eigenvalue weighted by Gasteiger charge is -2.27. The summed E-state index contributed by atoms with van der Waals surface area (Å²) < 4.78 is 4.88. The quantitative estimate of drug-likeness (QED) is 0.556. The summed E-state index contributed by atoms with van der Waals surface area (Å²) in [6.07, 6.45) is 5.07. The molecule has 0 radical (unpaired) electrons. The lowest BCUT2D eigenvalue weighted by molar-refractivity contribution is -0.127. The second-order valence-corrected chi connectivity index (χ2v) is 2.63. The first-order chi connectivity index (χ1) is 5.24. The zero-order valence-corrected chi connectivity index (χ0v) is 6.46. The van der Waals surface area contributed by atoms with Crippen LogP contribution in [0.4, 0.5) is 0 Å². The van der Waals surface area contributed by atoms with Crippen LogP contribution in [0.2, 0.25) is 0 Å². The number of rotatable bonds is 2. The molecule has 0 unspecified atom stereocenters. The maximum atomic E-state index is 11.1. The number of amides is 1. The summed E-state index contributed by atoms with van der Waals surface area (Å²) in [6.45, 7) is 2.93. The van der Waals surface area contributed by atoms with Crippen LogP contribution in [0, 0.1) is 18.3 Å². The van der Waals surface area contributed by atoms with Gasteiger partial charge < -0.3 is 10.1 Å². The van der Waals surface area contributed by atoms with Gasteiger partial charge in [-0.3, -0.25) is 4.79 Å². The van der Waals surface area contributed by atoms with E-state index in [0.29, 0.717) is 13.2 Å². The van der Waals surface area contributed by atoms with Gasteiger partial charge in [0.25, 0.3) is 0 Å². The van der Waals surface area contributed by atoms with Crippen LogP contribution in [0.1, 0.15) is 6.92 Å². The average Bonchev–Trinajstić information content (AvgIpc) is 1.94. The predicted octanol–water partition coefficient (Wildman–Crippen LogP) is -0.229. The van der Waals surface area contributed by atoms with Crippen LogP contribution < -0.4 is 5.32 Å². The standard InChI is InChI=1S/C8H11NO2/c1-3-6(2)8(10)9-7-4-11-5-7/h1,6-7H,4-5H2,2H3,(H,9,10)/t6-/m1/s1. The van der Waals surface area contributed by atoms with E-state index in [1.165, 1.54) is 0 Å². The highest BCUT2D eigenvalue weighted by Crippen LogP contribution is 2.01. The Morgan fingerprint density at radius 3 is 2.82 bits per heavy atom. The van der Waals surface area contributed by atoms with E-state index in [1.54, 1.807) is 6.92 Å². The Bertz CT molecular complexity index is 191. The van der Waals surface area contributed by atoms with Gasteiger partial charge in [0.05, 0.1) is 25.2 Å². The molecule has 0 bridgehead atoms. The number of nitrogens with one attached hydrogen (secondary N) is 1. The third kappa shape index (κ3) is 1.95. The Hall–Kier alpha value is -1.01. The lowest BCUT2D eigenvalue weighted by atomic mass is 10.1. The normalized spacial score (nSPS) is 19.6. The Kier molecular flexibility index (Phi) is 2.50. The molecule has 0 aromatic carbocycles. The molecule has 1 heterocycles. The molecular formula is C8H11NO2. The monoisotopic (exact) mass is 153 g/mol. The fourth-order valence-electron chi connectivity index (χ4n) is 0.721. The van der Waals surface area contributed by atoms with E-state index in [-0.39, 0.29) is 17.9 Å². The fourth-order valence-corrected chi connectivity index (χ4v) is 0.721. The van der Waals surface area contributed by atoms with Crippen molar-refractivity contribution in [3.05, 3.63) is 0 Å². The van der Waals surface area contributed by atoms with E-state index in [9.17, 15) is 4.79 Å². The largest absolute Gasteiger partial charge is 0.377 e. The van der Waals surface area contributed by atoms with Crippen LogP contribution in [-0.2, 0) is 9.53 Å². The first kappa shape index (κ1) is 8.09. The molecule has 0 aromatic heterocycles. The molecule has 1 aliphatic rings. The zero-order chi connectivity index (χ0) is 8.27. The van der Waals surface area contributed by atoms with Gasteiger partial charge in [0, 0.05) is 0 Å². The molecule has 11 heavy (non-hydrogen) atoms. The van der Waals surface area contributed by atoms with Gasteiger partial charge >= 0.3 is 0 Å². The Labute approximate surface area is 66.1 Å². The second-order valence-electron chi connectivity index (χ2n) is 2.63. The van der Waals surface area contributed by atoms with Crippen LogP contribution in [0.5, 0.6) is 0 Å². The van der Waals surface area contributed by atoms with Gasteiger partial charge in [0.2, 0.25) is 5.91 Å². The van der Waals surface area contributed by atoms with Crippen molar-refractivity contribution in [1.82, 2.24) is 5.32 Å². The van der Waals surface area contributed by atoms with Crippen molar-refractivity contribution in [2.45, 2.75) is 13.0 Å². The van der Waals surface area contributed by atoms with Crippen molar-refractivity contribution in [1.29, 1.82) is 0 Å². The van der Waals surface area contributed by atoms with Gasteiger partial charge in [0.1, 0.15) is 0 Å². The summed E-state index contributed by atoms with van der Waals surface area (Å²) in [7, 11) is 0. The van der Waals surface area contributed by atoms with Crippen molar-refractivity contribution in [3.63, 3.8) is 0 Å². The minimum atomic E-state index is -0.337. The Morgan fingerprint density at radius 2 is 2.45 bits per heavy atom. The van der Waals surface area contributed by atoms with Crippen molar-refractivity contribution in [2.24, 2.45) is 5.92 Å². The van der Waals surface area contributed by atoms with E-state index in [4.69, 9.17) is 11.2 Å². The van der Waals surface area contributed by atoms with Gasteiger partial charge in [0.15, 0.2) is 0 Å². The van der Waals surface area contributed by atoms with Crippen molar-refractivity contribution in [2.75, 3.05) is 13.2 Å². The van der Waals surface area contributed by atoms with Crippen LogP contribution in [0.15, 0.2) is 0 Å². The van der Waals surface area contributed by atoms with E-state index < -0.39 is 0 Å². The molecule has 1 amide bonds. The van der Waals surface area contributed by atoms with Gasteiger partial charge in [-0.15, -0.1) is 6.42 Å². The average molecular weight is 153 g/mol. The van der Waals surface area contributed by atoms with Crippen molar-refractivity contribution >= 4 is 5.91 Å². The third-order valence-electron chi connectivity index (χ3n) is 1.63. The smallest absolute Gasteiger partial charge is 0.235 e. The van der Waals surface area contributed by atoms with E-state index in [2.05, 4.69) is 11.2 Å². The second kappa shape index (κ2) is 3.40. The molecule has 3 heteroatoms. The molecule has 1 fully saturated rings. The molecule has 0 aromatic rings. The SMILES string of the molecule is C#C[C@@H](C)C(=O)NC1COC1. The summed E-state index contributed by atoms with van der Waals surface area (Å²) in [5.41, 5.74) is 0. The molecule has 1 rings (SSSR count). The van der Waals surface area contributed by atoms with E-state index in [1.807, 2.05) is 0 Å². The van der Waals surface area contributed by atoms with Crippen LogP contribution in [0.25, 0.3) is 0 Å². The van der Waals surface area contributed by atoms with Crippen molar-refractivity contribution in [3.8, 4) is 12.3 Å². The molecule has 0 aliphatic carbocycles. The van der Waals surface area contributed by atoms with Crippen molar-refractivity contribution < 1.29 is 9.53 Å². The Balaban J connectivity index is 2.25. The molecule has 1 aliphatic heterocycles. The van der Waals surface area contributed by atoms with E-state index in [0.717, 1.165) is 0 Å². The molecule has 60 valence electrons. The van der Waals surface area contributed by atoms with Gasteiger partial charge in [-0.25, -0.2) is 0 Å². The van der Waals surface area contributed by atoms with Gasteiger partial charge in [-0.1, -0.05) is 5.92 Å². The molecule has 3 nitrogen and oxygen atoms in total. The van der Waals surface area contributed by atoms with Crippen LogP contribution in [-0.4, -0.2) is 25.2 Å². The summed E-state index contributed by atoms with van der Waals surface area (Å²) in [4.78, 5) is 11.1. The van der Waals surface area contributed by atoms with Gasteiger partial charge in [-0.2, -0.15) is 0 Å². The number of hydrogen-bond donors (Lipinski definition) is 1. The first-order valence-electron chi connectivity index (χ1n) is 3.58. The molecule has 0 spiro atoms. The number of terminal acetylenes is 1. The number of hydrogen-bond acceptors (Lipinski definition) is 2. The number of carbonyl (C=O) groups excluding carboxylic acids is 1. The van der Waals surface area contributed by atoms with Crippen LogP contribution in [0.3, 0.4) is 0 Å². The molecule has 1 saturated heterocycles. The van der Waals surface area contributed by atoms with Gasteiger partial charge in [-0.05, 0) is 6.92 Å². The maximum absolute atomic E-state index is 11.1. The fraction of sp³-hybridized carbons (Fsp3) is 0.625. The molecule has 1 atom stereocenters. The van der Waals surface area contributed by atoms with E-state index >= 15 is 0 Å². The summed E-state index contributed by atoms with van der Waals surface area (Å²) in [6, 6.07) is 0.179.